The lowest BCUT2D eigenvalue weighted by molar-refractivity contribution is -0.116. The van der Waals surface area contributed by atoms with Crippen LogP contribution < -0.4 is 5.32 Å². The number of anilines is 1. The molecular weight excluding hydrogens is 366 g/mol. The highest BCUT2D eigenvalue weighted by Crippen LogP contribution is 2.26. The molecule has 1 N–H and O–H groups in total. The molecule has 0 aliphatic heterocycles. The topological polar surface area (TPSA) is 92.5 Å². The number of benzene rings is 2. The predicted molar refractivity (Wildman–Crippen MR) is 103 cm³/mol. The lowest BCUT2D eigenvalue weighted by Gasteiger charge is -2.22. The van der Waals surface area contributed by atoms with Gasteiger partial charge in [-0.15, -0.1) is 0 Å². The van der Waals surface area contributed by atoms with Gasteiger partial charge in [-0.05, 0) is 17.9 Å². The number of hydrogen-bond acceptors (Lipinski definition) is 5. The summed E-state index contributed by atoms with van der Waals surface area (Å²) in [6.45, 7) is 1.94. The number of amides is 1. The minimum atomic E-state index is -3.85. The quantitative estimate of drug-likeness (QED) is 0.640. The molecule has 8 heteroatoms. The standard InChI is InChI=1S/C19H21N3O4S/c1-2-3-12-22(14-19(23)20-18-11-13-26-21-18)27(24,25)17-10-6-8-15-7-4-5-9-16(15)17/h4-11,13H,2-3,12,14H2,1H3,(H,20,21,23). The zero-order valence-electron chi connectivity index (χ0n) is 15.0. The Bertz CT molecular complexity index is 1010. The van der Waals surface area contributed by atoms with E-state index < -0.39 is 15.9 Å². The largest absolute Gasteiger partial charge is 0.363 e. The van der Waals surface area contributed by atoms with Gasteiger partial charge in [0.2, 0.25) is 15.9 Å². The molecule has 0 saturated heterocycles. The summed E-state index contributed by atoms with van der Waals surface area (Å²) >= 11 is 0. The van der Waals surface area contributed by atoms with Crippen molar-refractivity contribution in [2.24, 2.45) is 0 Å². The van der Waals surface area contributed by atoms with Crippen molar-refractivity contribution in [3.05, 3.63) is 54.8 Å². The molecule has 0 bridgehead atoms. The third kappa shape index (κ3) is 4.35. The Morgan fingerprint density at radius 1 is 1.15 bits per heavy atom. The molecule has 27 heavy (non-hydrogen) atoms. The summed E-state index contributed by atoms with van der Waals surface area (Å²) in [4.78, 5) is 12.5. The molecular formula is C19H21N3O4S. The van der Waals surface area contributed by atoms with Gasteiger partial charge in [-0.25, -0.2) is 8.42 Å². The molecule has 1 heterocycles. The number of aromatic nitrogens is 1. The number of unbranched alkanes of at least 4 members (excludes halogenated alkanes) is 1. The summed E-state index contributed by atoms with van der Waals surface area (Å²) in [5.74, 6) is -0.221. The van der Waals surface area contributed by atoms with Crippen LogP contribution in [0.3, 0.4) is 0 Å². The average Bonchev–Trinajstić information content (AvgIpc) is 3.17. The fourth-order valence-corrected chi connectivity index (χ4v) is 4.45. The molecule has 0 radical (unpaired) electrons. The third-order valence-corrected chi connectivity index (χ3v) is 6.06. The van der Waals surface area contributed by atoms with Crippen LogP contribution in [-0.4, -0.2) is 36.9 Å². The van der Waals surface area contributed by atoms with Crippen LogP contribution >= 0.6 is 0 Å². The van der Waals surface area contributed by atoms with Crippen LogP contribution in [-0.2, 0) is 14.8 Å². The molecule has 0 aliphatic rings. The van der Waals surface area contributed by atoms with Gasteiger partial charge in [0, 0.05) is 18.0 Å². The maximum atomic E-state index is 13.3. The number of fused-ring (bicyclic) bond motifs is 1. The fraction of sp³-hybridized carbons (Fsp3) is 0.263. The van der Waals surface area contributed by atoms with Crippen molar-refractivity contribution in [2.75, 3.05) is 18.4 Å². The van der Waals surface area contributed by atoms with Gasteiger partial charge < -0.3 is 9.84 Å². The van der Waals surface area contributed by atoms with Gasteiger partial charge in [-0.3, -0.25) is 4.79 Å². The first-order valence-electron chi connectivity index (χ1n) is 8.70. The maximum absolute atomic E-state index is 13.3. The van der Waals surface area contributed by atoms with Crippen molar-refractivity contribution in [2.45, 2.75) is 24.7 Å². The number of sulfonamides is 1. The Balaban J connectivity index is 1.91. The Morgan fingerprint density at radius 2 is 1.93 bits per heavy atom. The lowest BCUT2D eigenvalue weighted by atomic mass is 10.1. The molecule has 0 aliphatic carbocycles. The van der Waals surface area contributed by atoms with Crippen molar-refractivity contribution in [3.8, 4) is 0 Å². The second-order valence-electron chi connectivity index (χ2n) is 6.10. The van der Waals surface area contributed by atoms with E-state index >= 15 is 0 Å². The molecule has 0 atom stereocenters. The number of nitrogens with zero attached hydrogens (tertiary/aromatic N) is 2. The number of hydrogen-bond donors (Lipinski definition) is 1. The minimum Gasteiger partial charge on any atom is -0.363 e. The van der Waals surface area contributed by atoms with E-state index in [1.807, 2.05) is 25.1 Å². The van der Waals surface area contributed by atoms with E-state index in [2.05, 4.69) is 15.0 Å². The van der Waals surface area contributed by atoms with E-state index in [1.165, 1.54) is 16.6 Å². The Hall–Kier alpha value is -2.71. The zero-order valence-corrected chi connectivity index (χ0v) is 15.8. The van der Waals surface area contributed by atoms with Gasteiger partial charge in [0.05, 0.1) is 11.4 Å². The maximum Gasteiger partial charge on any atom is 0.244 e. The van der Waals surface area contributed by atoms with Crippen molar-refractivity contribution in [1.29, 1.82) is 0 Å². The highest BCUT2D eigenvalue weighted by atomic mass is 32.2. The van der Waals surface area contributed by atoms with Crippen LogP contribution in [0, 0.1) is 0 Å². The summed E-state index contributed by atoms with van der Waals surface area (Å²) in [5.41, 5.74) is 0. The minimum absolute atomic E-state index is 0.200. The van der Waals surface area contributed by atoms with Crippen molar-refractivity contribution in [1.82, 2.24) is 9.46 Å². The van der Waals surface area contributed by atoms with Crippen LogP contribution in [0.4, 0.5) is 5.82 Å². The number of rotatable bonds is 8. The van der Waals surface area contributed by atoms with E-state index in [9.17, 15) is 13.2 Å². The van der Waals surface area contributed by atoms with E-state index in [1.54, 1.807) is 24.3 Å². The Labute approximate surface area is 158 Å². The molecule has 0 saturated carbocycles. The molecule has 0 unspecified atom stereocenters. The van der Waals surface area contributed by atoms with E-state index in [0.717, 1.165) is 11.8 Å². The van der Waals surface area contributed by atoms with Gasteiger partial charge in [-0.1, -0.05) is 54.9 Å². The monoisotopic (exact) mass is 387 g/mol. The van der Waals surface area contributed by atoms with Crippen LogP contribution in [0.15, 0.2) is 64.2 Å². The predicted octanol–water partition coefficient (Wildman–Crippen LogP) is 3.26. The normalized spacial score (nSPS) is 11.8. The SMILES string of the molecule is CCCCN(CC(=O)Nc1ccon1)S(=O)(=O)c1cccc2ccccc12. The summed E-state index contributed by atoms with van der Waals surface area (Å²) in [7, 11) is -3.85. The highest BCUT2D eigenvalue weighted by molar-refractivity contribution is 7.89. The van der Waals surface area contributed by atoms with Crippen LogP contribution in [0.5, 0.6) is 0 Å². The van der Waals surface area contributed by atoms with Gasteiger partial charge in [0.15, 0.2) is 5.82 Å². The first-order valence-corrected chi connectivity index (χ1v) is 10.1. The third-order valence-electron chi connectivity index (χ3n) is 4.15. The van der Waals surface area contributed by atoms with Crippen molar-refractivity contribution in [3.63, 3.8) is 0 Å². The second kappa shape index (κ2) is 8.32. The Morgan fingerprint density at radius 3 is 2.67 bits per heavy atom. The van der Waals surface area contributed by atoms with Crippen molar-refractivity contribution >= 4 is 32.5 Å². The van der Waals surface area contributed by atoms with Gasteiger partial charge in [0.25, 0.3) is 0 Å². The Kier molecular flexibility index (Phi) is 5.88. The molecule has 142 valence electrons. The van der Waals surface area contributed by atoms with Crippen molar-refractivity contribution < 1.29 is 17.7 Å². The molecule has 7 nitrogen and oxygen atoms in total. The van der Waals surface area contributed by atoms with Crippen LogP contribution in [0.25, 0.3) is 10.8 Å². The van der Waals surface area contributed by atoms with Gasteiger partial charge >= 0.3 is 0 Å². The van der Waals surface area contributed by atoms with Gasteiger partial charge in [-0.2, -0.15) is 4.31 Å². The van der Waals surface area contributed by atoms with E-state index in [4.69, 9.17) is 0 Å². The summed E-state index contributed by atoms with van der Waals surface area (Å²) in [5, 5.41) is 7.62. The highest BCUT2D eigenvalue weighted by Gasteiger charge is 2.28. The van der Waals surface area contributed by atoms with E-state index in [0.29, 0.717) is 11.8 Å². The first kappa shape index (κ1) is 19.1. The summed E-state index contributed by atoms with van der Waals surface area (Å²) < 4.78 is 32.5. The first-order chi connectivity index (χ1) is 13.0. The zero-order chi connectivity index (χ0) is 19.3. The summed E-state index contributed by atoms with van der Waals surface area (Å²) in [6, 6.07) is 13.9. The molecule has 0 fully saturated rings. The molecule has 1 aromatic heterocycles. The average molecular weight is 387 g/mol. The molecule has 1 amide bonds. The van der Waals surface area contributed by atoms with Gasteiger partial charge in [0.1, 0.15) is 6.26 Å². The molecule has 2 aromatic carbocycles. The fourth-order valence-electron chi connectivity index (χ4n) is 2.80. The smallest absolute Gasteiger partial charge is 0.244 e. The molecule has 0 spiro atoms. The number of nitrogens with one attached hydrogen (secondary N) is 1. The number of carbonyl (C=O) groups is 1. The van der Waals surface area contributed by atoms with Crippen LogP contribution in [0.2, 0.25) is 0 Å². The lowest BCUT2D eigenvalue weighted by Crippen LogP contribution is -2.38. The molecule has 3 rings (SSSR count). The number of carbonyl (C=O) groups excluding carboxylic acids is 1. The van der Waals surface area contributed by atoms with E-state index in [-0.39, 0.29) is 23.8 Å². The summed E-state index contributed by atoms with van der Waals surface area (Å²) in [6.07, 6.45) is 2.80. The van der Waals surface area contributed by atoms with Crippen LogP contribution in [0.1, 0.15) is 19.8 Å². The second-order valence-corrected chi connectivity index (χ2v) is 8.01. The molecule has 3 aromatic rings.